The van der Waals surface area contributed by atoms with E-state index in [1.165, 1.54) is 19.2 Å². The first-order chi connectivity index (χ1) is 11.7. The Bertz CT molecular complexity index is 968. The fourth-order valence-corrected chi connectivity index (χ4v) is 5.91. The van der Waals surface area contributed by atoms with Gasteiger partial charge in [0.1, 0.15) is 16.5 Å². The predicted octanol–water partition coefficient (Wildman–Crippen LogP) is 0.184. The van der Waals surface area contributed by atoms with Gasteiger partial charge in [-0.15, -0.1) is 0 Å². The maximum atomic E-state index is 12.9. The molecule has 2 heterocycles. The lowest BCUT2D eigenvalue weighted by molar-refractivity contribution is -0.116. The van der Waals surface area contributed by atoms with Gasteiger partial charge in [-0.3, -0.25) is 14.1 Å². The highest BCUT2D eigenvalue weighted by Gasteiger charge is 2.38. The van der Waals surface area contributed by atoms with Crippen molar-refractivity contribution in [2.24, 2.45) is 4.99 Å². The summed E-state index contributed by atoms with van der Waals surface area (Å²) >= 11 is 0. The second-order valence-corrected chi connectivity index (χ2v) is 9.33. The molecule has 0 radical (unpaired) electrons. The van der Waals surface area contributed by atoms with Crippen molar-refractivity contribution in [2.75, 3.05) is 30.3 Å². The summed E-state index contributed by atoms with van der Waals surface area (Å²) in [5, 5.41) is 0. The molecule has 25 heavy (non-hydrogen) atoms. The predicted molar refractivity (Wildman–Crippen MR) is 90.8 cm³/mol. The monoisotopic (exact) mass is 387 g/mol. The van der Waals surface area contributed by atoms with E-state index in [4.69, 9.17) is 4.74 Å². The fourth-order valence-electron chi connectivity index (χ4n) is 2.82. The van der Waals surface area contributed by atoms with Crippen LogP contribution in [-0.4, -0.2) is 58.8 Å². The van der Waals surface area contributed by atoms with E-state index in [0.717, 1.165) is 10.4 Å². The average molecular weight is 387 g/mol. The van der Waals surface area contributed by atoms with Gasteiger partial charge in [-0.05, 0) is 25.1 Å². The van der Waals surface area contributed by atoms with Crippen molar-refractivity contribution in [3.63, 3.8) is 0 Å². The van der Waals surface area contributed by atoms with Gasteiger partial charge in [0.25, 0.3) is 10.0 Å². The van der Waals surface area contributed by atoms with Crippen LogP contribution in [0.5, 0.6) is 5.75 Å². The largest absolute Gasteiger partial charge is 0.495 e. The molecule has 136 valence electrons. The van der Waals surface area contributed by atoms with Crippen LogP contribution in [-0.2, 0) is 24.8 Å². The van der Waals surface area contributed by atoms with Gasteiger partial charge in [-0.1, -0.05) is 0 Å². The number of amides is 1. The highest BCUT2D eigenvalue weighted by molar-refractivity contribution is 7.94. The molecule has 1 saturated heterocycles. The number of aliphatic imine (C=N–C) groups is 1. The van der Waals surface area contributed by atoms with E-state index >= 15 is 0 Å². The molecule has 1 aromatic rings. The molecule has 0 aromatic heterocycles. The lowest BCUT2D eigenvalue weighted by Crippen LogP contribution is -2.33. The molecule has 0 saturated carbocycles. The zero-order valence-electron chi connectivity index (χ0n) is 13.7. The summed E-state index contributed by atoms with van der Waals surface area (Å²) in [4.78, 5) is 15.8. The topological polar surface area (TPSA) is 113 Å². The molecule has 3 rings (SSSR count). The first-order valence-electron chi connectivity index (χ1n) is 7.46. The molecule has 1 amide bonds. The first-order valence-corrected chi connectivity index (χ1v) is 10.5. The lowest BCUT2D eigenvalue weighted by Gasteiger charge is -2.22. The third-order valence-electron chi connectivity index (χ3n) is 4.03. The van der Waals surface area contributed by atoms with E-state index in [2.05, 4.69) is 4.99 Å². The summed E-state index contributed by atoms with van der Waals surface area (Å²) in [7, 11) is -6.47. The first kappa shape index (κ1) is 17.7. The van der Waals surface area contributed by atoms with Gasteiger partial charge in [-0.25, -0.2) is 21.1 Å². The van der Waals surface area contributed by atoms with Crippen LogP contribution in [0.15, 0.2) is 28.1 Å². The van der Waals surface area contributed by atoms with Crippen LogP contribution in [0.1, 0.15) is 13.3 Å². The van der Waals surface area contributed by atoms with E-state index < -0.39 is 26.0 Å². The molecular weight excluding hydrogens is 370 g/mol. The molecule has 0 spiro atoms. The van der Waals surface area contributed by atoms with Crippen LogP contribution in [0.3, 0.4) is 0 Å². The van der Waals surface area contributed by atoms with Crippen molar-refractivity contribution in [2.45, 2.75) is 18.2 Å². The molecule has 0 N–H and O–H groups in total. The maximum absolute atomic E-state index is 12.9. The minimum atomic E-state index is -3.99. The molecule has 1 aromatic carbocycles. The zero-order valence-corrected chi connectivity index (χ0v) is 15.3. The fraction of sp³-hybridized carbons (Fsp3) is 0.429. The number of benzene rings is 1. The van der Waals surface area contributed by atoms with Crippen LogP contribution in [0, 0.1) is 0 Å². The van der Waals surface area contributed by atoms with Crippen molar-refractivity contribution in [1.29, 1.82) is 0 Å². The third kappa shape index (κ3) is 2.86. The van der Waals surface area contributed by atoms with Crippen LogP contribution >= 0.6 is 0 Å². The molecule has 0 unspecified atom stereocenters. The Morgan fingerprint density at radius 3 is 2.52 bits per heavy atom. The minimum Gasteiger partial charge on any atom is -0.495 e. The molecule has 0 bridgehead atoms. The van der Waals surface area contributed by atoms with Crippen molar-refractivity contribution < 1.29 is 26.4 Å². The van der Waals surface area contributed by atoms with Crippen LogP contribution < -0.4 is 9.04 Å². The summed E-state index contributed by atoms with van der Waals surface area (Å²) in [6.07, 6.45) is -0.131. The molecular formula is C14H17N3O6S2. The van der Waals surface area contributed by atoms with E-state index in [0.29, 0.717) is 16.7 Å². The minimum absolute atomic E-state index is 0.0179. The van der Waals surface area contributed by atoms with E-state index in [-0.39, 0.29) is 35.1 Å². The number of carbonyl (C=O) groups excluding carboxylic acids is 1. The molecule has 0 atom stereocenters. The SMILES string of the molecule is COc1ccc(N2C(=O)CCS2(=O)=O)cc1S(=O)(=O)N1CCN=C1C. The number of nitrogens with zero attached hydrogens (tertiary/aromatic N) is 3. The van der Waals surface area contributed by atoms with Crippen LogP contribution in [0.2, 0.25) is 0 Å². The Labute approximate surface area is 146 Å². The highest BCUT2D eigenvalue weighted by atomic mass is 32.2. The Hall–Kier alpha value is -2.14. The van der Waals surface area contributed by atoms with E-state index in [1.807, 2.05) is 0 Å². The van der Waals surface area contributed by atoms with Crippen molar-refractivity contribution >= 4 is 37.5 Å². The Morgan fingerprint density at radius 2 is 2.00 bits per heavy atom. The molecule has 2 aliphatic heterocycles. The van der Waals surface area contributed by atoms with Gasteiger partial charge in [0.05, 0.1) is 31.6 Å². The number of sulfonamides is 2. The highest BCUT2D eigenvalue weighted by Crippen LogP contribution is 2.34. The number of amidine groups is 1. The maximum Gasteiger partial charge on any atom is 0.269 e. The molecule has 0 aliphatic carbocycles. The number of rotatable bonds is 4. The molecule has 1 fully saturated rings. The van der Waals surface area contributed by atoms with Crippen molar-refractivity contribution in [3.05, 3.63) is 18.2 Å². The number of hydrogen-bond donors (Lipinski definition) is 0. The van der Waals surface area contributed by atoms with Gasteiger partial charge in [-0.2, -0.15) is 0 Å². The molecule has 9 nitrogen and oxygen atoms in total. The number of hydrogen-bond acceptors (Lipinski definition) is 7. The van der Waals surface area contributed by atoms with Crippen molar-refractivity contribution in [3.8, 4) is 5.75 Å². The molecule has 11 heteroatoms. The van der Waals surface area contributed by atoms with E-state index in [1.54, 1.807) is 6.92 Å². The third-order valence-corrected chi connectivity index (χ3v) is 7.63. The van der Waals surface area contributed by atoms with E-state index in [9.17, 15) is 21.6 Å². The van der Waals surface area contributed by atoms with Crippen LogP contribution in [0.4, 0.5) is 5.69 Å². The number of ether oxygens (including phenoxy) is 1. The van der Waals surface area contributed by atoms with Gasteiger partial charge < -0.3 is 4.74 Å². The van der Waals surface area contributed by atoms with Crippen LogP contribution in [0.25, 0.3) is 0 Å². The Balaban J connectivity index is 2.14. The quantitative estimate of drug-likeness (QED) is 0.728. The average Bonchev–Trinajstić information content (AvgIpc) is 3.10. The summed E-state index contributed by atoms with van der Waals surface area (Å²) in [5.74, 6) is -0.477. The number of carbonyl (C=O) groups is 1. The number of anilines is 1. The lowest BCUT2D eigenvalue weighted by atomic mass is 10.3. The summed E-state index contributed by atoms with van der Waals surface area (Å²) in [5.41, 5.74) is -0.0179. The normalized spacial score (nSPS) is 20.1. The van der Waals surface area contributed by atoms with Crippen molar-refractivity contribution in [1.82, 2.24) is 4.31 Å². The standard InChI is InChI=1S/C14H17N3O6S2/c1-10-15-6-7-16(10)25(21,22)13-9-11(3-4-12(13)23-2)17-14(18)5-8-24(17,19)20/h3-4,9H,5-8H2,1-2H3. The zero-order chi connectivity index (χ0) is 18.4. The smallest absolute Gasteiger partial charge is 0.269 e. The Morgan fingerprint density at radius 1 is 1.28 bits per heavy atom. The second kappa shape index (κ2) is 5.99. The number of methoxy groups -OCH3 is 1. The second-order valence-electron chi connectivity index (χ2n) is 5.57. The van der Waals surface area contributed by atoms with Gasteiger partial charge >= 0.3 is 0 Å². The Kier molecular flexibility index (Phi) is 4.23. The van der Waals surface area contributed by atoms with Gasteiger partial charge in [0.2, 0.25) is 15.9 Å². The van der Waals surface area contributed by atoms with Gasteiger partial charge in [0.15, 0.2) is 0 Å². The summed E-state index contributed by atoms with van der Waals surface area (Å²) in [6.45, 7) is 2.13. The van der Waals surface area contributed by atoms with Gasteiger partial charge in [0, 0.05) is 6.42 Å². The summed E-state index contributed by atoms with van der Waals surface area (Å²) < 4.78 is 57.0. The molecule has 2 aliphatic rings. The summed E-state index contributed by atoms with van der Waals surface area (Å²) in [6, 6.07) is 3.84.